The largest absolute Gasteiger partial charge is 0.468 e. The maximum absolute atomic E-state index is 11.0. The topological polar surface area (TPSA) is 95.7 Å². The van der Waals surface area contributed by atoms with Crippen LogP contribution in [0, 0.1) is 10.1 Å². The van der Waals surface area contributed by atoms with Crippen LogP contribution in [0.1, 0.15) is 12.8 Å². The van der Waals surface area contributed by atoms with Crippen molar-refractivity contribution in [1.29, 1.82) is 0 Å². The first-order valence-corrected chi connectivity index (χ1v) is 6.05. The van der Waals surface area contributed by atoms with Crippen molar-refractivity contribution < 1.29 is 9.66 Å². The Morgan fingerprint density at radius 2 is 2.41 bits per heavy atom. The van der Waals surface area contributed by atoms with Crippen molar-refractivity contribution in [2.24, 2.45) is 5.73 Å². The molecule has 0 unspecified atom stereocenters. The second kappa shape index (κ2) is 3.67. The van der Waals surface area contributed by atoms with Crippen LogP contribution in [0.25, 0.3) is 4.96 Å². The molecule has 1 fully saturated rings. The minimum atomic E-state index is -0.472. The molecule has 2 aromatic rings. The van der Waals surface area contributed by atoms with Crippen LogP contribution in [-0.2, 0) is 0 Å². The zero-order valence-electron chi connectivity index (χ0n) is 8.78. The molecule has 1 aliphatic rings. The van der Waals surface area contributed by atoms with Gasteiger partial charge in [0.1, 0.15) is 12.3 Å². The number of ether oxygens (including phenoxy) is 1. The molecule has 0 aliphatic heterocycles. The Bertz CT molecular complexity index is 572. The van der Waals surface area contributed by atoms with E-state index in [1.165, 1.54) is 15.7 Å². The molecule has 2 N–H and O–H groups in total. The highest BCUT2D eigenvalue weighted by molar-refractivity contribution is 7.15. The van der Waals surface area contributed by atoms with Gasteiger partial charge in [0.2, 0.25) is 0 Å². The Balaban J connectivity index is 1.94. The van der Waals surface area contributed by atoms with Gasteiger partial charge in [0.15, 0.2) is 0 Å². The summed E-state index contributed by atoms with van der Waals surface area (Å²) in [6, 6.07) is 0.141. The average molecular weight is 254 g/mol. The van der Waals surface area contributed by atoms with Crippen molar-refractivity contribution in [3.8, 4) is 5.88 Å². The van der Waals surface area contributed by atoms with Crippen molar-refractivity contribution in [2.45, 2.75) is 25.0 Å². The van der Waals surface area contributed by atoms with Crippen molar-refractivity contribution in [2.75, 3.05) is 0 Å². The second-order valence-electron chi connectivity index (χ2n) is 4.02. The van der Waals surface area contributed by atoms with Crippen molar-refractivity contribution in [1.82, 2.24) is 9.38 Å². The molecule has 0 bridgehead atoms. The molecule has 2 aromatic heterocycles. The van der Waals surface area contributed by atoms with E-state index in [1.54, 1.807) is 11.6 Å². The fourth-order valence-corrected chi connectivity index (χ4v) is 2.56. The third-order valence-corrected chi connectivity index (χ3v) is 3.55. The third-order valence-electron chi connectivity index (χ3n) is 2.79. The predicted octanol–water partition coefficient (Wildman–Crippen LogP) is 1.17. The molecule has 2 heterocycles. The standard InChI is InChI=1S/C9H10N4O3S/c10-5-3-6(4-5)16-7-8(13(14)15)12-1-2-17-9(12)11-7/h1-2,5-6H,3-4,10H2. The molecule has 0 spiro atoms. The van der Waals surface area contributed by atoms with Gasteiger partial charge in [-0.05, 0) is 17.8 Å². The zero-order valence-corrected chi connectivity index (χ0v) is 9.59. The molecule has 0 radical (unpaired) electrons. The minimum Gasteiger partial charge on any atom is -0.468 e. The van der Waals surface area contributed by atoms with Crippen LogP contribution in [0.3, 0.4) is 0 Å². The van der Waals surface area contributed by atoms with E-state index in [0.29, 0.717) is 4.96 Å². The predicted molar refractivity (Wildman–Crippen MR) is 61.3 cm³/mol. The molecule has 3 rings (SSSR count). The van der Waals surface area contributed by atoms with Crippen LogP contribution in [0.4, 0.5) is 5.82 Å². The lowest BCUT2D eigenvalue weighted by molar-refractivity contribution is -0.391. The Morgan fingerprint density at radius 1 is 1.65 bits per heavy atom. The van der Waals surface area contributed by atoms with Crippen LogP contribution in [0.5, 0.6) is 5.88 Å². The van der Waals surface area contributed by atoms with E-state index in [9.17, 15) is 10.1 Å². The Hall–Kier alpha value is -1.67. The Morgan fingerprint density at radius 3 is 3.06 bits per heavy atom. The first-order chi connectivity index (χ1) is 8.15. The van der Waals surface area contributed by atoms with Crippen molar-refractivity contribution >= 4 is 22.1 Å². The van der Waals surface area contributed by atoms with Gasteiger partial charge in [0, 0.05) is 11.4 Å². The van der Waals surface area contributed by atoms with Gasteiger partial charge in [-0.2, -0.15) is 9.38 Å². The Labute approximate surface area is 100.0 Å². The summed E-state index contributed by atoms with van der Waals surface area (Å²) in [6.45, 7) is 0. The number of fused-ring (bicyclic) bond motifs is 1. The molecule has 90 valence electrons. The molecule has 1 aliphatic carbocycles. The SMILES string of the molecule is NC1CC(Oc2nc3sccn3c2[N+](=O)[O-])C1. The smallest absolute Gasteiger partial charge is 0.393 e. The van der Waals surface area contributed by atoms with Crippen LogP contribution >= 0.6 is 11.3 Å². The van der Waals surface area contributed by atoms with Crippen LogP contribution in [0.15, 0.2) is 11.6 Å². The van der Waals surface area contributed by atoms with Crippen LogP contribution < -0.4 is 10.5 Å². The minimum absolute atomic E-state index is 0.0479. The van der Waals surface area contributed by atoms with Crippen molar-refractivity contribution in [3.63, 3.8) is 0 Å². The number of nitrogens with two attached hydrogens (primary N) is 1. The number of thiazole rings is 1. The molecule has 17 heavy (non-hydrogen) atoms. The van der Waals surface area contributed by atoms with E-state index in [-0.39, 0.29) is 23.8 Å². The van der Waals surface area contributed by atoms with Crippen LogP contribution in [-0.4, -0.2) is 26.5 Å². The summed E-state index contributed by atoms with van der Waals surface area (Å²) in [7, 11) is 0. The van der Waals surface area contributed by atoms with Gasteiger partial charge in [-0.3, -0.25) is 0 Å². The molecule has 0 atom stereocenters. The molecular formula is C9H10N4O3S. The van der Waals surface area contributed by atoms with Gasteiger partial charge >= 0.3 is 11.7 Å². The van der Waals surface area contributed by atoms with Gasteiger partial charge in [-0.15, -0.1) is 0 Å². The highest BCUT2D eigenvalue weighted by atomic mass is 32.1. The van der Waals surface area contributed by atoms with Gasteiger partial charge in [0.05, 0.1) is 0 Å². The van der Waals surface area contributed by atoms with E-state index in [1.807, 2.05) is 0 Å². The molecule has 0 saturated heterocycles. The number of nitrogens with zero attached hydrogens (tertiary/aromatic N) is 3. The third kappa shape index (κ3) is 1.65. The normalized spacial score (nSPS) is 23.6. The average Bonchev–Trinajstić information content (AvgIpc) is 2.73. The fraction of sp³-hybridized carbons (Fsp3) is 0.444. The number of hydrogen-bond donors (Lipinski definition) is 1. The summed E-state index contributed by atoms with van der Waals surface area (Å²) in [5.74, 6) is -0.0135. The van der Waals surface area contributed by atoms with Crippen molar-refractivity contribution in [3.05, 3.63) is 21.7 Å². The summed E-state index contributed by atoms with van der Waals surface area (Å²) in [6.07, 6.45) is 3.02. The summed E-state index contributed by atoms with van der Waals surface area (Å²) >= 11 is 1.34. The summed E-state index contributed by atoms with van der Waals surface area (Å²) in [5.41, 5.74) is 5.64. The quantitative estimate of drug-likeness (QED) is 0.655. The molecule has 1 saturated carbocycles. The maximum Gasteiger partial charge on any atom is 0.393 e. The lowest BCUT2D eigenvalue weighted by atomic mass is 9.90. The lowest BCUT2D eigenvalue weighted by Gasteiger charge is -2.31. The number of nitro groups is 1. The first kappa shape index (κ1) is 10.5. The summed E-state index contributed by atoms with van der Waals surface area (Å²) < 4.78 is 6.94. The van der Waals surface area contributed by atoms with E-state index >= 15 is 0 Å². The fourth-order valence-electron chi connectivity index (χ4n) is 1.86. The highest BCUT2D eigenvalue weighted by Gasteiger charge is 2.33. The zero-order chi connectivity index (χ0) is 12.0. The van der Waals surface area contributed by atoms with E-state index < -0.39 is 4.92 Å². The van der Waals surface area contributed by atoms with E-state index in [4.69, 9.17) is 10.5 Å². The number of rotatable bonds is 3. The molecular weight excluding hydrogens is 244 g/mol. The second-order valence-corrected chi connectivity index (χ2v) is 4.90. The van der Waals surface area contributed by atoms with E-state index in [0.717, 1.165) is 12.8 Å². The van der Waals surface area contributed by atoms with Gasteiger partial charge in [0.25, 0.3) is 4.96 Å². The molecule has 0 aromatic carbocycles. The summed E-state index contributed by atoms with van der Waals surface area (Å²) in [5, 5.41) is 12.7. The maximum atomic E-state index is 11.0. The van der Waals surface area contributed by atoms with Gasteiger partial charge < -0.3 is 20.6 Å². The van der Waals surface area contributed by atoms with Gasteiger partial charge in [-0.1, -0.05) is 11.3 Å². The first-order valence-electron chi connectivity index (χ1n) is 5.17. The van der Waals surface area contributed by atoms with E-state index in [2.05, 4.69) is 4.98 Å². The monoisotopic (exact) mass is 254 g/mol. The van der Waals surface area contributed by atoms with Crippen LogP contribution in [0.2, 0.25) is 0 Å². The highest BCUT2D eigenvalue weighted by Crippen LogP contribution is 2.33. The Kier molecular flexibility index (Phi) is 2.26. The summed E-state index contributed by atoms with van der Waals surface area (Å²) in [4.78, 5) is 15.2. The number of aromatic nitrogens is 2. The lowest BCUT2D eigenvalue weighted by Crippen LogP contribution is -2.43. The van der Waals surface area contributed by atoms with Gasteiger partial charge in [-0.25, -0.2) is 0 Å². The molecule has 7 nitrogen and oxygen atoms in total. The number of imidazole rings is 1. The molecule has 8 heteroatoms. The number of hydrogen-bond acceptors (Lipinski definition) is 6. The molecule has 0 amide bonds.